The van der Waals surface area contributed by atoms with E-state index in [1.807, 2.05) is 13.8 Å². The molecule has 15 heavy (non-hydrogen) atoms. The lowest BCUT2D eigenvalue weighted by molar-refractivity contribution is -0.136. The minimum Gasteiger partial charge on any atom is -0.395 e. The Kier molecular flexibility index (Phi) is 4.11. The molecule has 3 N–H and O–H groups in total. The van der Waals surface area contributed by atoms with E-state index in [1.54, 1.807) is 4.90 Å². The van der Waals surface area contributed by atoms with E-state index in [9.17, 15) is 4.79 Å². The molecule has 1 fully saturated rings. The van der Waals surface area contributed by atoms with E-state index in [0.29, 0.717) is 19.0 Å². The molecule has 4 heteroatoms. The van der Waals surface area contributed by atoms with E-state index in [0.717, 1.165) is 12.8 Å². The maximum absolute atomic E-state index is 11.9. The van der Waals surface area contributed by atoms with Crippen molar-refractivity contribution in [2.45, 2.75) is 51.1 Å². The molecule has 1 amide bonds. The van der Waals surface area contributed by atoms with Crippen molar-refractivity contribution >= 4 is 5.91 Å². The van der Waals surface area contributed by atoms with E-state index in [-0.39, 0.29) is 12.5 Å². The van der Waals surface area contributed by atoms with E-state index >= 15 is 0 Å². The highest BCUT2D eigenvalue weighted by Crippen LogP contribution is 2.25. The fourth-order valence-electron chi connectivity index (χ4n) is 1.81. The van der Waals surface area contributed by atoms with Crippen LogP contribution in [0.2, 0.25) is 0 Å². The van der Waals surface area contributed by atoms with Gasteiger partial charge in [0, 0.05) is 24.5 Å². The molecule has 1 aliphatic rings. The first-order chi connectivity index (χ1) is 6.94. The van der Waals surface area contributed by atoms with Crippen LogP contribution in [-0.4, -0.2) is 40.6 Å². The van der Waals surface area contributed by atoms with Crippen LogP contribution in [0.5, 0.6) is 0 Å². The fraction of sp³-hybridized carbons (Fsp3) is 0.909. The highest BCUT2D eigenvalue weighted by molar-refractivity contribution is 5.77. The number of amides is 1. The maximum atomic E-state index is 11.9. The number of aliphatic hydroxyl groups excluding tert-OH is 1. The molecule has 0 aliphatic heterocycles. The van der Waals surface area contributed by atoms with Crippen LogP contribution in [0.4, 0.5) is 0 Å². The summed E-state index contributed by atoms with van der Waals surface area (Å²) in [6, 6.07) is 0.340. The zero-order chi connectivity index (χ0) is 11.5. The molecule has 0 aromatic rings. The highest BCUT2D eigenvalue weighted by Gasteiger charge is 2.30. The quantitative estimate of drug-likeness (QED) is 0.700. The number of hydrogen-bond acceptors (Lipinski definition) is 3. The van der Waals surface area contributed by atoms with Crippen molar-refractivity contribution in [2.24, 2.45) is 5.73 Å². The van der Waals surface area contributed by atoms with Gasteiger partial charge in [-0.3, -0.25) is 4.79 Å². The summed E-state index contributed by atoms with van der Waals surface area (Å²) < 4.78 is 0. The van der Waals surface area contributed by atoms with Crippen molar-refractivity contribution < 1.29 is 9.90 Å². The van der Waals surface area contributed by atoms with Gasteiger partial charge in [0.05, 0.1) is 6.61 Å². The first-order valence-corrected chi connectivity index (χ1v) is 5.63. The molecule has 0 aromatic carbocycles. The molecule has 0 aromatic heterocycles. The van der Waals surface area contributed by atoms with Crippen molar-refractivity contribution in [3.63, 3.8) is 0 Å². The third-order valence-corrected chi connectivity index (χ3v) is 2.78. The van der Waals surface area contributed by atoms with Crippen LogP contribution in [0.1, 0.15) is 39.5 Å². The summed E-state index contributed by atoms with van der Waals surface area (Å²) in [7, 11) is 0. The van der Waals surface area contributed by atoms with Gasteiger partial charge in [-0.15, -0.1) is 0 Å². The SMILES string of the molecule is CC(C)(N)CC(=O)N(CCO)C1CCC1. The standard InChI is InChI=1S/C11H22N2O2/c1-11(2,12)8-10(15)13(6-7-14)9-4-3-5-9/h9,14H,3-8,12H2,1-2H3. The van der Waals surface area contributed by atoms with Crippen LogP contribution in [0.15, 0.2) is 0 Å². The van der Waals surface area contributed by atoms with Gasteiger partial charge in [-0.05, 0) is 33.1 Å². The van der Waals surface area contributed by atoms with Gasteiger partial charge in [0.2, 0.25) is 5.91 Å². The minimum absolute atomic E-state index is 0.0350. The molecule has 1 rings (SSSR count). The Bertz CT molecular complexity index is 219. The summed E-state index contributed by atoms with van der Waals surface area (Å²) in [5.41, 5.74) is 5.36. The molecule has 88 valence electrons. The van der Waals surface area contributed by atoms with Crippen LogP contribution in [0, 0.1) is 0 Å². The van der Waals surface area contributed by atoms with Crippen LogP contribution in [0.3, 0.4) is 0 Å². The number of nitrogens with two attached hydrogens (primary N) is 1. The molecule has 0 radical (unpaired) electrons. The Hall–Kier alpha value is -0.610. The summed E-state index contributed by atoms with van der Waals surface area (Å²) in [4.78, 5) is 13.7. The van der Waals surface area contributed by atoms with E-state index in [2.05, 4.69) is 0 Å². The van der Waals surface area contributed by atoms with Gasteiger partial charge >= 0.3 is 0 Å². The number of aliphatic hydroxyl groups is 1. The van der Waals surface area contributed by atoms with E-state index in [4.69, 9.17) is 10.8 Å². The van der Waals surface area contributed by atoms with Gasteiger partial charge in [0.15, 0.2) is 0 Å². The average Bonchev–Trinajstić information content (AvgIpc) is 1.96. The number of carbonyl (C=O) groups excluding carboxylic acids is 1. The van der Waals surface area contributed by atoms with E-state index < -0.39 is 5.54 Å². The molecule has 0 heterocycles. The lowest BCUT2D eigenvalue weighted by Gasteiger charge is -2.38. The molecular weight excluding hydrogens is 192 g/mol. The number of hydrogen-bond donors (Lipinski definition) is 2. The summed E-state index contributed by atoms with van der Waals surface area (Å²) in [6.45, 7) is 4.18. The molecule has 0 unspecified atom stereocenters. The van der Waals surface area contributed by atoms with Gasteiger partial charge in [-0.25, -0.2) is 0 Å². The Morgan fingerprint density at radius 3 is 2.47 bits per heavy atom. The van der Waals surface area contributed by atoms with Gasteiger partial charge in [-0.2, -0.15) is 0 Å². The van der Waals surface area contributed by atoms with Crippen LogP contribution >= 0.6 is 0 Å². The zero-order valence-electron chi connectivity index (χ0n) is 9.70. The van der Waals surface area contributed by atoms with Crippen LogP contribution < -0.4 is 5.73 Å². The number of nitrogens with zero attached hydrogens (tertiary/aromatic N) is 1. The maximum Gasteiger partial charge on any atom is 0.224 e. The molecule has 0 bridgehead atoms. The highest BCUT2D eigenvalue weighted by atomic mass is 16.3. The summed E-state index contributed by atoms with van der Waals surface area (Å²) in [6.07, 6.45) is 3.67. The minimum atomic E-state index is -0.464. The average molecular weight is 214 g/mol. The Morgan fingerprint density at radius 2 is 2.13 bits per heavy atom. The van der Waals surface area contributed by atoms with E-state index in [1.165, 1.54) is 6.42 Å². The smallest absolute Gasteiger partial charge is 0.224 e. The molecule has 0 atom stereocenters. The third-order valence-electron chi connectivity index (χ3n) is 2.78. The van der Waals surface area contributed by atoms with Crippen molar-refractivity contribution in [1.29, 1.82) is 0 Å². The lowest BCUT2D eigenvalue weighted by Crippen LogP contribution is -2.49. The predicted molar refractivity (Wildman–Crippen MR) is 59.3 cm³/mol. The number of rotatable bonds is 5. The van der Waals surface area contributed by atoms with Gasteiger partial charge in [0.25, 0.3) is 0 Å². The van der Waals surface area contributed by atoms with Crippen molar-refractivity contribution in [2.75, 3.05) is 13.2 Å². The zero-order valence-corrected chi connectivity index (χ0v) is 9.70. The first-order valence-electron chi connectivity index (χ1n) is 5.63. The van der Waals surface area contributed by atoms with Crippen LogP contribution in [-0.2, 0) is 4.79 Å². The van der Waals surface area contributed by atoms with Gasteiger partial charge < -0.3 is 15.7 Å². The van der Waals surface area contributed by atoms with Gasteiger partial charge in [-0.1, -0.05) is 0 Å². The largest absolute Gasteiger partial charge is 0.395 e. The molecule has 0 spiro atoms. The van der Waals surface area contributed by atoms with Crippen molar-refractivity contribution in [3.05, 3.63) is 0 Å². The molecule has 1 saturated carbocycles. The molecule has 1 aliphatic carbocycles. The Balaban J connectivity index is 2.50. The Morgan fingerprint density at radius 1 is 1.53 bits per heavy atom. The predicted octanol–water partition coefficient (Wildman–Crippen LogP) is 0.487. The first kappa shape index (κ1) is 12.5. The molecule has 4 nitrogen and oxygen atoms in total. The summed E-state index contributed by atoms with van der Waals surface area (Å²) in [5.74, 6) is 0.0706. The lowest BCUT2D eigenvalue weighted by atomic mass is 9.90. The Labute approximate surface area is 91.4 Å². The summed E-state index contributed by atoms with van der Waals surface area (Å²) >= 11 is 0. The monoisotopic (exact) mass is 214 g/mol. The molecular formula is C11H22N2O2. The second-order valence-electron chi connectivity index (χ2n) is 5.06. The number of carbonyl (C=O) groups is 1. The van der Waals surface area contributed by atoms with Gasteiger partial charge in [0.1, 0.15) is 0 Å². The topological polar surface area (TPSA) is 66.6 Å². The van der Waals surface area contributed by atoms with Crippen molar-refractivity contribution in [1.82, 2.24) is 4.90 Å². The summed E-state index contributed by atoms with van der Waals surface area (Å²) in [5, 5.41) is 8.93. The normalized spacial score (nSPS) is 17.3. The fourth-order valence-corrected chi connectivity index (χ4v) is 1.81. The van der Waals surface area contributed by atoms with Crippen LogP contribution in [0.25, 0.3) is 0 Å². The second-order valence-corrected chi connectivity index (χ2v) is 5.06. The molecule has 0 saturated heterocycles. The third kappa shape index (κ3) is 3.80. The van der Waals surface area contributed by atoms with Crippen molar-refractivity contribution in [3.8, 4) is 0 Å². The second kappa shape index (κ2) is 4.94.